The van der Waals surface area contributed by atoms with Crippen LogP contribution in [0.25, 0.3) is 10.1 Å². The molecule has 2 amide bonds. The molecule has 0 spiro atoms. The molecule has 34 heavy (non-hydrogen) atoms. The zero-order chi connectivity index (χ0) is 24.2. The second-order valence-corrected chi connectivity index (χ2v) is 9.39. The molecule has 4 rings (SSSR count). The summed E-state index contributed by atoms with van der Waals surface area (Å²) in [5, 5.41) is 8.17. The fourth-order valence-electron chi connectivity index (χ4n) is 3.30. The first-order valence-corrected chi connectivity index (χ1v) is 11.7. The second kappa shape index (κ2) is 10.1. The minimum atomic E-state index is -0.345. The highest BCUT2D eigenvalue weighted by molar-refractivity contribution is 7.21. The first-order valence-electron chi connectivity index (χ1n) is 10.5. The number of thiophene rings is 1. The lowest BCUT2D eigenvalue weighted by Gasteiger charge is -2.11. The average molecular weight is 491 g/mol. The average Bonchev–Trinajstić information content (AvgIpc) is 3.15. The third kappa shape index (κ3) is 5.27. The van der Waals surface area contributed by atoms with Crippen molar-refractivity contribution in [2.75, 3.05) is 24.3 Å². The minimum absolute atomic E-state index is 0.286. The molecular weight excluding hydrogens is 468 g/mol. The highest BCUT2D eigenvalue weighted by atomic mass is 35.5. The quantitative estimate of drug-likeness (QED) is 0.259. The van der Waals surface area contributed by atoms with E-state index in [-0.39, 0.29) is 11.8 Å². The van der Waals surface area contributed by atoms with Gasteiger partial charge in [0, 0.05) is 41.1 Å². The Balaban J connectivity index is 1.37. The minimum Gasteiger partial charge on any atom is -0.378 e. The molecule has 0 unspecified atom stereocenters. The van der Waals surface area contributed by atoms with E-state index in [0.717, 1.165) is 26.9 Å². The summed E-state index contributed by atoms with van der Waals surface area (Å²) in [5.74, 6) is -0.632. The molecule has 2 N–H and O–H groups in total. The molecule has 172 valence electrons. The molecule has 0 saturated carbocycles. The number of amides is 2. The van der Waals surface area contributed by atoms with Gasteiger partial charge in [0.2, 0.25) is 0 Å². The Bertz CT molecular complexity index is 1380. The fraction of sp³-hybridized carbons (Fsp3) is 0.115. The number of carbonyl (C=O) groups excluding carboxylic acids is 2. The van der Waals surface area contributed by atoms with E-state index in [2.05, 4.69) is 15.8 Å². The lowest BCUT2D eigenvalue weighted by atomic mass is 10.2. The number of hydrogen-bond acceptors (Lipinski definition) is 5. The van der Waals surface area contributed by atoms with Crippen LogP contribution < -0.4 is 15.6 Å². The second-order valence-electron chi connectivity index (χ2n) is 7.96. The molecule has 6 nitrogen and oxygen atoms in total. The topological polar surface area (TPSA) is 73.8 Å². The number of nitrogens with one attached hydrogen (secondary N) is 2. The SMILES string of the molecule is Cc1ccc2c(Cl)c(C(=O)Nc3ccc(C(=O)N/N=C\c4ccc(N(C)C)cc4)cc3)sc2c1. The molecular formula is C26H23ClN4O2S. The number of rotatable bonds is 6. The van der Waals surface area contributed by atoms with Gasteiger partial charge in [0.15, 0.2) is 0 Å². The number of benzene rings is 3. The molecule has 1 aromatic heterocycles. The van der Waals surface area contributed by atoms with Crippen molar-refractivity contribution in [3.8, 4) is 0 Å². The summed E-state index contributed by atoms with van der Waals surface area (Å²) in [4.78, 5) is 27.6. The van der Waals surface area contributed by atoms with Crippen LogP contribution in [-0.4, -0.2) is 32.1 Å². The number of fused-ring (bicyclic) bond motifs is 1. The Kier molecular flexibility index (Phi) is 6.95. The van der Waals surface area contributed by atoms with Crippen molar-refractivity contribution in [1.29, 1.82) is 0 Å². The molecule has 0 saturated heterocycles. The van der Waals surface area contributed by atoms with Gasteiger partial charge in [-0.3, -0.25) is 9.59 Å². The largest absolute Gasteiger partial charge is 0.378 e. The maximum atomic E-state index is 12.8. The van der Waals surface area contributed by atoms with E-state index in [0.29, 0.717) is 21.2 Å². The summed E-state index contributed by atoms with van der Waals surface area (Å²) in [7, 11) is 3.94. The summed E-state index contributed by atoms with van der Waals surface area (Å²) >= 11 is 7.79. The predicted molar refractivity (Wildman–Crippen MR) is 142 cm³/mol. The van der Waals surface area contributed by atoms with Crippen LogP contribution in [0, 0.1) is 6.92 Å². The van der Waals surface area contributed by atoms with Gasteiger partial charge in [0.25, 0.3) is 11.8 Å². The Labute approximate surface area is 206 Å². The Morgan fingerprint density at radius 1 is 0.971 bits per heavy atom. The Hall–Kier alpha value is -3.68. The summed E-state index contributed by atoms with van der Waals surface area (Å²) in [5.41, 5.74) is 6.57. The van der Waals surface area contributed by atoms with Crippen LogP contribution in [0.5, 0.6) is 0 Å². The van der Waals surface area contributed by atoms with E-state index in [1.165, 1.54) is 11.3 Å². The van der Waals surface area contributed by atoms with E-state index in [1.54, 1.807) is 30.5 Å². The van der Waals surface area contributed by atoms with Crippen LogP contribution in [0.4, 0.5) is 11.4 Å². The molecule has 1 heterocycles. The standard InChI is InChI=1S/C26H23ClN4O2S/c1-16-4-13-21-22(14-16)34-24(23(21)27)26(33)29-19-9-7-18(8-10-19)25(32)30-28-15-17-5-11-20(12-6-17)31(2)3/h4-15H,1-3H3,(H,29,33)(H,30,32)/b28-15-. The maximum Gasteiger partial charge on any atom is 0.271 e. The van der Waals surface area contributed by atoms with Gasteiger partial charge in [-0.1, -0.05) is 35.9 Å². The van der Waals surface area contributed by atoms with Gasteiger partial charge in [-0.25, -0.2) is 5.43 Å². The zero-order valence-electron chi connectivity index (χ0n) is 18.9. The number of halogens is 1. The van der Waals surface area contributed by atoms with Crippen molar-refractivity contribution in [2.24, 2.45) is 5.10 Å². The molecule has 0 bridgehead atoms. The molecule has 8 heteroatoms. The van der Waals surface area contributed by atoms with E-state index in [9.17, 15) is 9.59 Å². The lowest BCUT2D eigenvalue weighted by Crippen LogP contribution is -2.17. The van der Waals surface area contributed by atoms with Crippen LogP contribution in [0.15, 0.2) is 71.8 Å². The highest BCUT2D eigenvalue weighted by Gasteiger charge is 2.17. The van der Waals surface area contributed by atoms with Crippen molar-refractivity contribution < 1.29 is 9.59 Å². The van der Waals surface area contributed by atoms with Crippen molar-refractivity contribution in [3.63, 3.8) is 0 Å². The van der Waals surface area contributed by atoms with Crippen molar-refractivity contribution in [2.45, 2.75) is 6.92 Å². The van der Waals surface area contributed by atoms with Gasteiger partial charge in [0.05, 0.1) is 11.2 Å². The third-order valence-corrected chi connectivity index (χ3v) is 6.84. The smallest absolute Gasteiger partial charge is 0.271 e. The monoisotopic (exact) mass is 490 g/mol. The predicted octanol–water partition coefficient (Wildman–Crippen LogP) is 5.95. The first kappa shape index (κ1) is 23.5. The summed E-state index contributed by atoms with van der Waals surface area (Å²) in [6.07, 6.45) is 1.59. The van der Waals surface area contributed by atoms with Crippen molar-refractivity contribution >= 4 is 62.4 Å². The van der Waals surface area contributed by atoms with Crippen LogP contribution in [0.2, 0.25) is 5.02 Å². The molecule has 4 aromatic rings. The maximum absolute atomic E-state index is 12.8. The van der Waals surface area contributed by atoms with Gasteiger partial charge >= 0.3 is 0 Å². The van der Waals surface area contributed by atoms with Gasteiger partial charge in [-0.05, 0) is 60.5 Å². The van der Waals surface area contributed by atoms with Gasteiger partial charge < -0.3 is 10.2 Å². The molecule has 0 atom stereocenters. The number of aryl methyl sites for hydroxylation is 1. The number of hydrazone groups is 1. The molecule has 0 radical (unpaired) electrons. The Morgan fingerprint density at radius 2 is 1.68 bits per heavy atom. The summed E-state index contributed by atoms with van der Waals surface area (Å²) in [6, 6.07) is 20.3. The van der Waals surface area contributed by atoms with Crippen molar-refractivity contribution in [1.82, 2.24) is 5.43 Å². The van der Waals surface area contributed by atoms with Gasteiger partial charge in [-0.15, -0.1) is 11.3 Å². The third-order valence-electron chi connectivity index (χ3n) is 5.19. The summed E-state index contributed by atoms with van der Waals surface area (Å²) in [6.45, 7) is 2.00. The van der Waals surface area contributed by atoms with Gasteiger partial charge in [0.1, 0.15) is 4.88 Å². The fourth-order valence-corrected chi connectivity index (χ4v) is 4.81. The van der Waals surface area contributed by atoms with E-state index in [4.69, 9.17) is 11.6 Å². The van der Waals surface area contributed by atoms with Crippen LogP contribution in [-0.2, 0) is 0 Å². The first-order chi connectivity index (χ1) is 16.3. The highest BCUT2D eigenvalue weighted by Crippen LogP contribution is 2.36. The molecule has 0 aliphatic rings. The molecule has 0 fully saturated rings. The number of anilines is 2. The summed E-state index contributed by atoms with van der Waals surface area (Å²) < 4.78 is 0.969. The van der Waals surface area contributed by atoms with E-state index < -0.39 is 0 Å². The normalized spacial score (nSPS) is 11.1. The zero-order valence-corrected chi connectivity index (χ0v) is 20.5. The van der Waals surface area contributed by atoms with Gasteiger partial charge in [-0.2, -0.15) is 5.10 Å². The van der Waals surface area contributed by atoms with E-state index in [1.807, 2.05) is 68.4 Å². The number of hydrogen-bond donors (Lipinski definition) is 2. The van der Waals surface area contributed by atoms with Crippen molar-refractivity contribution in [3.05, 3.63) is 93.3 Å². The number of nitrogens with zero attached hydrogens (tertiary/aromatic N) is 2. The van der Waals surface area contributed by atoms with Crippen LogP contribution in [0.1, 0.15) is 31.2 Å². The lowest BCUT2D eigenvalue weighted by molar-refractivity contribution is 0.0954. The molecule has 0 aliphatic carbocycles. The molecule has 3 aromatic carbocycles. The number of carbonyl (C=O) groups is 2. The van der Waals surface area contributed by atoms with Crippen LogP contribution in [0.3, 0.4) is 0 Å². The van der Waals surface area contributed by atoms with Crippen LogP contribution >= 0.6 is 22.9 Å². The Morgan fingerprint density at radius 3 is 2.35 bits per heavy atom. The van der Waals surface area contributed by atoms with E-state index >= 15 is 0 Å². The molecule has 0 aliphatic heterocycles.